The number of amides is 1. The van der Waals surface area contributed by atoms with Crippen LogP contribution in [0.3, 0.4) is 0 Å². The molecule has 0 fully saturated rings. The average molecular weight is 454 g/mol. The maximum absolute atomic E-state index is 13.0. The van der Waals surface area contributed by atoms with Gasteiger partial charge in [-0.3, -0.25) is 9.78 Å². The number of anilines is 2. The molecule has 4 nitrogen and oxygen atoms in total. The second kappa shape index (κ2) is 9.08. The topological polar surface area (TPSA) is 45.2 Å². The number of rotatable bonds is 4. The summed E-state index contributed by atoms with van der Waals surface area (Å²) in [5, 5.41) is 5.08. The van der Waals surface area contributed by atoms with Crippen molar-refractivity contribution in [1.29, 1.82) is 0 Å². The zero-order valence-electron chi connectivity index (χ0n) is 18.4. The van der Waals surface area contributed by atoms with E-state index in [1.807, 2.05) is 53.4 Å². The maximum Gasteiger partial charge on any atom is 0.254 e. The third-order valence-corrected chi connectivity index (χ3v) is 6.24. The number of benzene rings is 3. The van der Waals surface area contributed by atoms with Gasteiger partial charge < -0.3 is 10.2 Å². The molecule has 0 radical (unpaired) electrons. The van der Waals surface area contributed by atoms with Crippen molar-refractivity contribution in [2.45, 2.75) is 13.3 Å². The van der Waals surface area contributed by atoms with E-state index in [9.17, 15) is 4.79 Å². The van der Waals surface area contributed by atoms with Gasteiger partial charge in [-0.25, -0.2) is 0 Å². The summed E-state index contributed by atoms with van der Waals surface area (Å²) >= 11 is 6.09. The van der Waals surface area contributed by atoms with Gasteiger partial charge in [0.2, 0.25) is 0 Å². The van der Waals surface area contributed by atoms with E-state index in [4.69, 9.17) is 11.6 Å². The fourth-order valence-corrected chi connectivity index (χ4v) is 4.39. The lowest BCUT2D eigenvalue weighted by molar-refractivity contribution is 0.0773. The van der Waals surface area contributed by atoms with Crippen LogP contribution in [0.1, 0.15) is 27.9 Å². The highest BCUT2D eigenvalue weighted by molar-refractivity contribution is 6.31. The Labute approximate surface area is 198 Å². The number of hydrogen-bond donors (Lipinski definition) is 1. The number of carbonyl (C=O) groups is 1. The highest BCUT2D eigenvalue weighted by Crippen LogP contribution is 2.28. The van der Waals surface area contributed by atoms with Crippen LogP contribution in [0.4, 0.5) is 11.4 Å². The molecule has 2 heterocycles. The summed E-state index contributed by atoms with van der Waals surface area (Å²) in [5.41, 5.74) is 7.21. The lowest BCUT2D eigenvalue weighted by Gasteiger charge is -2.27. The van der Waals surface area contributed by atoms with Crippen molar-refractivity contribution < 1.29 is 4.79 Å². The summed E-state index contributed by atoms with van der Waals surface area (Å²) in [6.45, 7) is 3.46. The van der Waals surface area contributed by atoms with Crippen LogP contribution in [-0.2, 0) is 0 Å². The van der Waals surface area contributed by atoms with Gasteiger partial charge in [-0.15, -0.1) is 0 Å². The molecular formula is C28H24ClN3O. The highest BCUT2D eigenvalue weighted by Gasteiger charge is 2.19. The zero-order chi connectivity index (χ0) is 22.8. The molecule has 3 aromatic carbocycles. The van der Waals surface area contributed by atoms with Crippen LogP contribution >= 0.6 is 11.6 Å². The van der Waals surface area contributed by atoms with Crippen LogP contribution in [0.25, 0.3) is 16.5 Å². The third-order valence-electron chi connectivity index (χ3n) is 6.00. The van der Waals surface area contributed by atoms with E-state index in [1.165, 1.54) is 16.7 Å². The Balaban J connectivity index is 1.28. The Kier molecular flexibility index (Phi) is 5.84. The van der Waals surface area contributed by atoms with Crippen molar-refractivity contribution in [2.75, 3.05) is 18.4 Å². The number of aromatic nitrogens is 1. The molecule has 1 N–H and O–H groups in total. The van der Waals surface area contributed by atoms with Crippen LogP contribution in [0.5, 0.6) is 0 Å². The number of nitrogens with one attached hydrogen (secondary N) is 1. The quantitative estimate of drug-likeness (QED) is 0.366. The zero-order valence-corrected chi connectivity index (χ0v) is 19.1. The van der Waals surface area contributed by atoms with E-state index in [1.54, 1.807) is 6.20 Å². The summed E-state index contributed by atoms with van der Waals surface area (Å²) in [7, 11) is 0. The lowest BCUT2D eigenvalue weighted by atomic mass is 9.98. The number of carbonyl (C=O) groups excluding carboxylic acids is 1. The second-order valence-corrected chi connectivity index (χ2v) is 8.76. The molecule has 1 aliphatic heterocycles. The van der Waals surface area contributed by atoms with Gasteiger partial charge in [0.25, 0.3) is 5.91 Å². The number of nitrogens with zero attached hydrogens (tertiary/aromatic N) is 2. The minimum Gasteiger partial charge on any atom is -0.355 e. The van der Waals surface area contributed by atoms with Crippen LogP contribution in [0, 0.1) is 6.92 Å². The van der Waals surface area contributed by atoms with E-state index >= 15 is 0 Å². The molecule has 0 atom stereocenters. The Morgan fingerprint density at radius 3 is 2.64 bits per heavy atom. The molecule has 0 saturated carbocycles. The normalized spacial score (nSPS) is 13.6. The first-order valence-corrected chi connectivity index (χ1v) is 11.4. The van der Waals surface area contributed by atoms with Gasteiger partial charge in [-0.1, -0.05) is 47.5 Å². The van der Waals surface area contributed by atoms with E-state index in [0.717, 1.165) is 35.2 Å². The fraction of sp³-hybridized carbons (Fsp3) is 0.143. The molecule has 1 aromatic heterocycles. The third kappa shape index (κ3) is 4.62. The molecule has 0 aliphatic carbocycles. The van der Waals surface area contributed by atoms with Gasteiger partial charge in [0, 0.05) is 46.6 Å². The predicted molar refractivity (Wildman–Crippen MR) is 136 cm³/mol. The Morgan fingerprint density at radius 1 is 1.03 bits per heavy atom. The molecule has 0 unspecified atom stereocenters. The van der Waals surface area contributed by atoms with Crippen LogP contribution in [0.2, 0.25) is 5.02 Å². The number of pyridine rings is 1. The van der Waals surface area contributed by atoms with Gasteiger partial charge >= 0.3 is 0 Å². The lowest BCUT2D eigenvalue weighted by Crippen LogP contribution is -2.34. The fourth-order valence-electron chi connectivity index (χ4n) is 4.23. The van der Waals surface area contributed by atoms with Crippen molar-refractivity contribution in [3.05, 3.63) is 107 Å². The van der Waals surface area contributed by atoms with Gasteiger partial charge in [0.1, 0.15) is 0 Å². The molecule has 1 amide bonds. The Morgan fingerprint density at radius 2 is 1.88 bits per heavy atom. The molecule has 4 aromatic rings. The summed E-state index contributed by atoms with van der Waals surface area (Å²) < 4.78 is 0. The summed E-state index contributed by atoms with van der Waals surface area (Å²) in [4.78, 5) is 19.3. The largest absolute Gasteiger partial charge is 0.355 e. The van der Waals surface area contributed by atoms with Gasteiger partial charge in [-0.05, 0) is 73.0 Å². The van der Waals surface area contributed by atoms with Gasteiger partial charge in [-0.2, -0.15) is 0 Å². The SMILES string of the molecule is Cc1cccc(C2=CCN(C(=O)c3ccc(Nc4ccnc5cc(Cl)ccc45)cc3)CC2)c1. The summed E-state index contributed by atoms with van der Waals surface area (Å²) in [5.74, 6) is 0.0603. The van der Waals surface area contributed by atoms with Gasteiger partial charge in [0.05, 0.1) is 5.52 Å². The van der Waals surface area contributed by atoms with Crippen molar-refractivity contribution >= 4 is 45.4 Å². The maximum atomic E-state index is 13.0. The van der Waals surface area contributed by atoms with Crippen molar-refractivity contribution in [3.8, 4) is 0 Å². The molecule has 5 rings (SSSR count). The van der Waals surface area contributed by atoms with Crippen molar-refractivity contribution in [3.63, 3.8) is 0 Å². The first kappa shape index (κ1) is 21.2. The smallest absolute Gasteiger partial charge is 0.254 e. The number of fused-ring (bicyclic) bond motifs is 1. The average Bonchev–Trinajstić information content (AvgIpc) is 2.84. The Hall–Kier alpha value is -3.63. The minimum absolute atomic E-state index is 0.0603. The van der Waals surface area contributed by atoms with Crippen molar-refractivity contribution in [1.82, 2.24) is 9.88 Å². The molecule has 5 heteroatoms. The molecular weight excluding hydrogens is 430 g/mol. The molecule has 33 heavy (non-hydrogen) atoms. The molecule has 0 spiro atoms. The second-order valence-electron chi connectivity index (χ2n) is 8.32. The standard InChI is InChI=1S/C28H24ClN3O/c1-19-3-2-4-22(17-19)20-12-15-32(16-13-20)28(33)21-5-8-24(9-6-21)31-26-11-14-30-27-18-23(29)7-10-25(26)27/h2-12,14,17-18H,13,15-16H2,1H3,(H,30,31). The van der Waals surface area contributed by atoms with Crippen LogP contribution < -0.4 is 5.32 Å². The van der Waals surface area contributed by atoms with E-state index in [0.29, 0.717) is 17.1 Å². The molecule has 164 valence electrons. The number of hydrogen-bond acceptors (Lipinski definition) is 3. The summed E-state index contributed by atoms with van der Waals surface area (Å²) in [6, 6.07) is 23.8. The van der Waals surface area contributed by atoms with Crippen LogP contribution in [0.15, 0.2) is 85.1 Å². The first-order chi connectivity index (χ1) is 16.1. The van der Waals surface area contributed by atoms with E-state index in [-0.39, 0.29) is 5.91 Å². The number of aryl methyl sites for hydroxylation is 1. The molecule has 1 aliphatic rings. The van der Waals surface area contributed by atoms with E-state index < -0.39 is 0 Å². The number of halogens is 1. The highest BCUT2D eigenvalue weighted by atomic mass is 35.5. The van der Waals surface area contributed by atoms with Crippen LogP contribution in [-0.4, -0.2) is 28.9 Å². The van der Waals surface area contributed by atoms with Gasteiger partial charge in [0.15, 0.2) is 0 Å². The Bertz CT molecular complexity index is 1360. The predicted octanol–water partition coefficient (Wildman–Crippen LogP) is 6.87. The van der Waals surface area contributed by atoms with E-state index in [2.05, 4.69) is 47.6 Å². The molecule has 0 bridgehead atoms. The summed E-state index contributed by atoms with van der Waals surface area (Å²) in [6.07, 6.45) is 4.80. The monoisotopic (exact) mass is 453 g/mol. The molecule has 0 saturated heterocycles. The first-order valence-electron chi connectivity index (χ1n) is 11.0. The minimum atomic E-state index is 0.0603. The van der Waals surface area contributed by atoms with Crippen molar-refractivity contribution in [2.24, 2.45) is 0 Å².